The fraction of sp³-hybridized carbons (Fsp3) is 0.143. The molecule has 0 spiro atoms. The molecule has 0 radical (unpaired) electrons. The second-order valence-electron chi connectivity index (χ2n) is 7.75. The number of rotatable bonds is 10. The fourth-order valence-electron chi connectivity index (χ4n) is 3.29. The number of anilines is 1. The van der Waals surface area contributed by atoms with Gasteiger partial charge in [0.1, 0.15) is 18.2 Å². The predicted molar refractivity (Wildman–Crippen MR) is 140 cm³/mol. The van der Waals surface area contributed by atoms with Gasteiger partial charge in [0.05, 0.1) is 29.9 Å². The number of benzene rings is 3. The molecule has 9 nitrogen and oxygen atoms in total. The lowest BCUT2D eigenvalue weighted by Gasteiger charge is -2.15. The predicted octanol–water partition coefficient (Wildman–Crippen LogP) is 5.35. The smallest absolute Gasteiger partial charge is 0.337 e. The number of carbonyl (C=O) groups is 3. The summed E-state index contributed by atoms with van der Waals surface area (Å²) in [5.74, 6) is -1.61. The van der Waals surface area contributed by atoms with E-state index in [1.165, 1.54) is 55.7 Å². The van der Waals surface area contributed by atoms with Crippen molar-refractivity contribution in [1.29, 1.82) is 5.26 Å². The molecule has 3 aromatic carbocycles. The second kappa shape index (κ2) is 12.9. The van der Waals surface area contributed by atoms with Gasteiger partial charge in [0.2, 0.25) is 0 Å². The Labute approximate surface area is 223 Å². The normalized spacial score (nSPS) is 10.7. The van der Waals surface area contributed by atoms with E-state index in [0.29, 0.717) is 29.2 Å². The molecular formula is C28H23ClN2O7. The number of nitrogens with zero attached hydrogens (tertiary/aromatic N) is 1. The lowest BCUT2D eigenvalue weighted by atomic mass is 10.1. The van der Waals surface area contributed by atoms with E-state index >= 15 is 0 Å². The molecule has 0 aliphatic rings. The van der Waals surface area contributed by atoms with Crippen molar-refractivity contribution < 1.29 is 33.7 Å². The summed E-state index contributed by atoms with van der Waals surface area (Å²) in [5.41, 5.74) is 1.84. The van der Waals surface area contributed by atoms with Gasteiger partial charge in [-0.05, 0) is 72.7 Å². The van der Waals surface area contributed by atoms with Gasteiger partial charge in [-0.25, -0.2) is 9.59 Å². The van der Waals surface area contributed by atoms with Gasteiger partial charge in [0.15, 0.2) is 11.5 Å². The van der Waals surface area contributed by atoms with E-state index in [2.05, 4.69) is 10.1 Å². The molecule has 0 fully saturated rings. The van der Waals surface area contributed by atoms with E-state index in [-0.39, 0.29) is 28.5 Å². The van der Waals surface area contributed by atoms with Crippen LogP contribution in [-0.4, -0.2) is 36.7 Å². The maximum atomic E-state index is 12.7. The van der Waals surface area contributed by atoms with Crippen molar-refractivity contribution in [2.24, 2.45) is 0 Å². The monoisotopic (exact) mass is 534 g/mol. The quantitative estimate of drug-likeness (QED) is 0.202. The molecule has 0 heterocycles. The van der Waals surface area contributed by atoms with E-state index in [4.69, 9.17) is 26.2 Å². The maximum absolute atomic E-state index is 12.7. The average molecular weight is 535 g/mol. The van der Waals surface area contributed by atoms with E-state index < -0.39 is 17.8 Å². The highest BCUT2D eigenvalue weighted by atomic mass is 35.5. The van der Waals surface area contributed by atoms with Gasteiger partial charge in [0.25, 0.3) is 5.91 Å². The highest BCUT2D eigenvalue weighted by molar-refractivity contribution is 6.32. The van der Waals surface area contributed by atoms with E-state index in [9.17, 15) is 19.6 Å². The molecule has 1 amide bonds. The Bertz CT molecular complexity index is 1410. The first-order valence-corrected chi connectivity index (χ1v) is 11.7. The van der Waals surface area contributed by atoms with Crippen LogP contribution in [0.1, 0.15) is 38.8 Å². The molecule has 0 saturated carbocycles. The number of halogens is 1. The van der Waals surface area contributed by atoms with E-state index in [0.717, 1.165) is 5.56 Å². The molecule has 0 aliphatic carbocycles. The van der Waals surface area contributed by atoms with Gasteiger partial charge in [-0.15, -0.1) is 0 Å². The van der Waals surface area contributed by atoms with Crippen LogP contribution < -0.4 is 14.8 Å². The summed E-state index contributed by atoms with van der Waals surface area (Å²) in [6.45, 7) is 2.19. The van der Waals surface area contributed by atoms with Crippen molar-refractivity contribution in [3.05, 3.63) is 93.5 Å². The summed E-state index contributed by atoms with van der Waals surface area (Å²) < 4.78 is 16.2. The third-order valence-electron chi connectivity index (χ3n) is 5.16. The number of hydrogen-bond donors (Lipinski definition) is 2. The Morgan fingerprint density at radius 2 is 1.68 bits per heavy atom. The number of ether oxygens (including phenoxy) is 3. The molecule has 0 unspecified atom stereocenters. The minimum Gasteiger partial charge on any atom is -0.490 e. The van der Waals surface area contributed by atoms with Crippen molar-refractivity contribution in [3.63, 3.8) is 0 Å². The van der Waals surface area contributed by atoms with Gasteiger partial charge >= 0.3 is 11.9 Å². The minimum absolute atomic E-state index is 0.107. The van der Waals surface area contributed by atoms with Crippen LogP contribution in [-0.2, 0) is 16.1 Å². The summed E-state index contributed by atoms with van der Waals surface area (Å²) in [6, 6.07) is 17.2. The molecule has 0 saturated heterocycles. The molecule has 0 bridgehead atoms. The number of nitriles is 1. The molecule has 2 N–H and O–H groups in total. The van der Waals surface area contributed by atoms with Crippen LogP contribution in [0.15, 0.2) is 66.2 Å². The van der Waals surface area contributed by atoms with Crippen LogP contribution in [0, 0.1) is 11.3 Å². The van der Waals surface area contributed by atoms with Gasteiger partial charge in [-0.3, -0.25) is 4.79 Å². The van der Waals surface area contributed by atoms with E-state index in [1.54, 1.807) is 25.1 Å². The zero-order chi connectivity index (χ0) is 27.7. The summed E-state index contributed by atoms with van der Waals surface area (Å²) >= 11 is 6.46. The Balaban J connectivity index is 1.79. The number of carboxylic acid groups (broad SMARTS) is 1. The Morgan fingerprint density at radius 3 is 2.26 bits per heavy atom. The summed E-state index contributed by atoms with van der Waals surface area (Å²) in [4.78, 5) is 35.3. The molecule has 0 aliphatic heterocycles. The van der Waals surface area contributed by atoms with Crippen LogP contribution in [0.2, 0.25) is 5.02 Å². The van der Waals surface area contributed by atoms with Crippen molar-refractivity contribution in [1.82, 2.24) is 0 Å². The third-order valence-corrected chi connectivity index (χ3v) is 5.44. The Kier molecular flexibility index (Phi) is 9.46. The summed E-state index contributed by atoms with van der Waals surface area (Å²) in [6.07, 6.45) is 1.36. The second-order valence-corrected chi connectivity index (χ2v) is 8.15. The molecule has 0 aromatic heterocycles. The SMILES string of the molecule is CCOc1cc(/C=C(\C#N)C(=O)Nc2ccc(C(=O)OC)cc2)cc(Cl)c1OCc1ccc(C(=O)O)cc1. The zero-order valence-corrected chi connectivity index (χ0v) is 21.2. The lowest BCUT2D eigenvalue weighted by molar-refractivity contribution is -0.112. The first-order chi connectivity index (χ1) is 18.2. The standard InChI is InChI=1S/C28H23ClN2O7/c1-3-37-24-14-18(13-23(29)25(24)38-16-17-4-6-19(7-5-17)27(33)34)12-21(15-30)26(32)31-22-10-8-20(9-11-22)28(35)36-2/h4-14H,3,16H2,1-2H3,(H,31,32)(H,33,34)/b21-12+. The lowest BCUT2D eigenvalue weighted by Crippen LogP contribution is -2.13. The van der Waals surface area contributed by atoms with Crippen LogP contribution in [0.3, 0.4) is 0 Å². The van der Waals surface area contributed by atoms with Gasteiger partial charge in [-0.1, -0.05) is 23.7 Å². The topological polar surface area (TPSA) is 135 Å². The van der Waals surface area contributed by atoms with Crippen molar-refractivity contribution >= 4 is 41.2 Å². The fourth-order valence-corrected chi connectivity index (χ4v) is 3.57. The zero-order valence-electron chi connectivity index (χ0n) is 20.5. The van der Waals surface area contributed by atoms with Crippen LogP contribution >= 0.6 is 11.6 Å². The number of amides is 1. The van der Waals surface area contributed by atoms with Crippen molar-refractivity contribution in [2.45, 2.75) is 13.5 Å². The number of nitrogens with one attached hydrogen (secondary N) is 1. The Hall–Kier alpha value is -4.81. The van der Waals surface area contributed by atoms with Crippen molar-refractivity contribution in [2.75, 3.05) is 19.0 Å². The average Bonchev–Trinajstić information content (AvgIpc) is 2.91. The van der Waals surface area contributed by atoms with Crippen LogP contribution in [0.25, 0.3) is 6.08 Å². The van der Waals surface area contributed by atoms with Gasteiger partial charge < -0.3 is 24.6 Å². The molecule has 3 aromatic rings. The highest BCUT2D eigenvalue weighted by Gasteiger charge is 2.16. The number of carboxylic acids is 1. The highest BCUT2D eigenvalue weighted by Crippen LogP contribution is 2.38. The minimum atomic E-state index is -1.02. The molecule has 10 heteroatoms. The first kappa shape index (κ1) is 27.8. The number of aromatic carboxylic acids is 1. The molecule has 194 valence electrons. The van der Waals surface area contributed by atoms with E-state index in [1.807, 2.05) is 6.07 Å². The number of carbonyl (C=O) groups excluding carboxylic acids is 2. The summed E-state index contributed by atoms with van der Waals surface area (Å²) in [5, 5.41) is 21.4. The number of hydrogen-bond acceptors (Lipinski definition) is 7. The summed E-state index contributed by atoms with van der Waals surface area (Å²) in [7, 11) is 1.27. The van der Waals surface area contributed by atoms with Gasteiger partial charge in [-0.2, -0.15) is 5.26 Å². The Morgan fingerprint density at radius 1 is 1.03 bits per heavy atom. The molecule has 38 heavy (non-hydrogen) atoms. The molecule has 3 rings (SSSR count). The van der Waals surface area contributed by atoms with Crippen LogP contribution in [0.4, 0.5) is 5.69 Å². The third kappa shape index (κ3) is 7.12. The number of methoxy groups -OCH3 is 1. The number of esters is 1. The van der Waals surface area contributed by atoms with Crippen molar-refractivity contribution in [3.8, 4) is 17.6 Å². The largest absolute Gasteiger partial charge is 0.490 e. The maximum Gasteiger partial charge on any atom is 0.337 e. The van der Waals surface area contributed by atoms with Gasteiger partial charge in [0, 0.05) is 5.69 Å². The first-order valence-electron chi connectivity index (χ1n) is 11.3. The van der Waals surface area contributed by atoms with Crippen LogP contribution in [0.5, 0.6) is 11.5 Å². The molecule has 0 atom stereocenters. The molecular weight excluding hydrogens is 512 g/mol.